The molecule has 0 radical (unpaired) electrons. The van der Waals surface area contributed by atoms with Crippen LogP contribution >= 0.6 is 0 Å². The number of para-hydroxylation sites is 1. The minimum atomic E-state index is -0.428. The second-order valence-electron chi connectivity index (χ2n) is 7.80. The fourth-order valence-electron chi connectivity index (χ4n) is 4.01. The number of carbonyl (C=O) groups excluding carboxylic acids is 3. The van der Waals surface area contributed by atoms with E-state index in [0.29, 0.717) is 36.8 Å². The number of rotatable bonds is 7. The molecule has 8 heteroatoms. The predicted octanol–water partition coefficient (Wildman–Crippen LogP) is 2.09. The molecule has 0 unspecified atom stereocenters. The van der Waals surface area contributed by atoms with Crippen LogP contribution in [0.5, 0.6) is 5.75 Å². The highest BCUT2D eigenvalue weighted by Gasteiger charge is 2.35. The van der Waals surface area contributed by atoms with Crippen LogP contribution in [0.15, 0.2) is 54.6 Å². The Balaban J connectivity index is 1.27. The summed E-state index contributed by atoms with van der Waals surface area (Å²) < 4.78 is 7.06. The molecule has 0 spiro atoms. The Hall–Kier alpha value is -3.81. The van der Waals surface area contributed by atoms with Crippen LogP contribution in [0.3, 0.4) is 0 Å². The van der Waals surface area contributed by atoms with Gasteiger partial charge >= 0.3 is 0 Å². The first kappa shape index (κ1) is 21.4. The molecule has 0 aliphatic carbocycles. The molecule has 1 fully saturated rings. The van der Waals surface area contributed by atoms with Gasteiger partial charge in [-0.15, -0.1) is 0 Å². The summed E-state index contributed by atoms with van der Waals surface area (Å²) in [5.74, 6) is -0.254. The van der Waals surface area contributed by atoms with Gasteiger partial charge in [-0.05, 0) is 24.3 Å². The van der Waals surface area contributed by atoms with Crippen LogP contribution in [0.1, 0.15) is 16.9 Å². The second kappa shape index (κ2) is 9.13. The SMILES string of the molecule is COc1cccc(N2C[C@H](C(=O)NCCNC(=O)c3cc4ccccc4n3C)CC2=O)c1. The monoisotopic (exact) mass is 434 g/mol. The van der Waals surface area contributed by atoms with Crippen molar-refractivity contribution in [3.63, 3.8) is 0 Å². The van der Waals surface area contributed by atoms with Crippen molar-refractivity contribution < 1.29 is 19.1 Å². The zero-order chi connectivity index (χ0) is 22.7. The fourth-order valence-corrected chi connectivity index (χ4v) is 4.01. The third kappa shape index (κ3) is 4.30. The van der Waals surface area contributed by atoms with Crippen LogP contribution in [0.4, 0.5) is 5.69 Å². The lowest BCUT2D eigenvalue weighted by atomic mass is 10.1. The molecule has 1 aliphatic heterocycles. The van der Waals surface area contributed by atoms with Crippen molar-refractivity contribution in [3.8, 4) is 5.75 Å². The van der Waals surface area contributed by atoms with E-state index < -0.39 is 5.92 Å². The minimum absolute atomic E-state index is 0.0949. The van der Waals surface area contributed by atoms with Gasteiger partial charge in [-0.2, -0.15) is 0 Å². The maximum atomic E-state index is 12.5. The van der Waals surface area contributed by atoms with Crippen molar-refractivity contribution in [2.45, 2.75) is 6.42 Å². The van der Waals surface area contributed by atoms with Gasteiger partial charge in [0.15, 0.2) is 0 Å². The Morgan fingerprint density at radius 1 is 1.06 bits per heavy atom. The van der Waals surface area contributed by atoms with Gasteiger partial charge in [0.05, 0.1) is 13.0 Å². The van der Waals surface area contributed by atoms with Crippen LogP contribution in [-0.2, 0) is 16.6 Å². The number of hydrogen-bond acceptors (Lipinski definition) is 4. The number of amides is 3. The van der Waals surface area contributed by atoms with Gasteiger partial charge in [0.2, 0.25) is 11.8 Å². The lowest BCUT2D eigenvalue weighted by Gasteiger charge is -2.17. The average Bonchev–Trinajstić information content (AvgIpc) is 3.37. The standard InChI is InChI=1S/C24H26N4O4/c1-27-20-9-4-3-6-16(20)12-21(27)24(31)26-11-10-25-23(30)17-13-22(29)28(15-17)18-7-5-8-19(14-18)32-2/h3-9,12,14,17H,10-11,13,15H2,1-2H3,(H,25,30)(H,26,31)/t17-/m1/s1. The van der Waals surface area contributed by atoms with E-state index in [2.05, 4.69) is 10.6 Å². The smallest absolute Gasteiger partial charge is 0.267 e. The number of aryl methyl sites for hydroxylation is 1. The first-order valence-electron chi connectivity index (χ1n) is 10.5. The first-order valence-corrected chi connectivity index (χ1v) is 10.5. The van der Waals surface area contributed by atoms with E-state index >= 15 is 0 Å². The molecule has 4 rings (SSSR count). The highest BCUT2D eigenvalue weighted by atomic mass is 16.5. The van der Waals surface area contributed by atoms with Crippen molar-refractivity contribution in [2.75, 3.05) is 31.6 Å². The number of anilines is 1. The number of aromatic nitrogens is 1. The number of methoxy groups -OCH3 is 1. The predicted molar refractivity (Wildman–Crippen MR) is 122 cm³/mol. The fraction of sp³-hybridized carbons (Fsp3) is 0.292. The molecule has 166 valence electrons. The van der Waals surface area contributed by atoms with Crippen LogP contribution in [-0.4, -0.2) is 49.0 Å². The van der Waals surface area contributed by atoms with E-state index in [1.165, 1.54) is 0 Å². The van der Waals surface area contributed by atoms with Crippen molar-refractivity contribution in [1.82, 2.24) is 15.2 Å². The summed E-state index contributed by atoms with van der Waals surface area (Å²) >= 11 is 0. The van der Waals surface area contributed by atoms with Crippen LogP contribution in [0, 0.1) is 5.92 Å². The van der Waals surface area contributed by atoms with Crippen molar-refractivity contribution in [1.29, 1.82) is 0 Å². The van der Waals surface area contributed by atoms with Crippen molar-refractivity contribution in [3.05, 3.63) is 60.3 Å². The van der Waals surface area contributed by atoms with Crippen molar-refractivity contribution >= 4 is 34.3 Å². The molecular formula is C24H26N4O4. The van der Waals surface area contributed by atoms with E-state index in [0.717, 1.165) is 10.9 Å². The summed E-state index contributed by atoms with van der Waals surface area (Å²) in [6, 6.07) is 16.9. The van der Waals surface area contributed by atoms with Gasteiger partial charge < -0.3 is 24.8 Å². The Morgan fingerprint density at radius 2 is 1.84 bits per heavy atom. The maximum Gasteiger partial charge on any atom is 0.267 e. The summed E-state index contributed by atoms with van der Waals surface area (Å²) in [4.78, 5) is 39.1. The van der Waals surface area contributed by atoms with Crippen LogP contribution < -0.4 is 20.3 Å². The molecule has 0 bridgehead atoms. The molecule has 2 N–H and O–H groups in total. The van der Waals surface area contributed by atoms with E-state index in [1.807, 2.05) is 54.1 Å². The number of hydrogen-bond donors (Lipinski definition) is 2. The topological polar surface area (TPSA) is 92.7 Å². The Kier molecular flexibility index (Phi) is 6.11. The summed E-state index contributed by atoms with van der Waals surface area (Å²) in [6.07, 6.45) is 0.158. The van der Waals surface area contributed by atoms with Gasteiger partial charge in [0.1, 0.15) is 11.4 Å². The third-order valence-electron chi connectivity index (χ3n) is 5.75. The van der Waals surface area contributed by atoms with Crippen LogP contribution in [0.25, 0.3) is 10.9 Å². The zero-order valence-electron chi connectivity index (χ0n) is 18.1. The quantitative estimate of drug-likeness (QED) is 0.557. The van der Waals surface area contributed by atoms with Gasteiger partial charge in [0, 0.05) is 55.8 Å². The van der Waals surface area contributed by atoms with E-state index in [9.17, 15) is 14.4 Å². The number of carbonyl (C=O) groups is 3. The zero-order valence-corrected chi connectivity index (χ0v) is 18.1. The van der Waals surface area contributed by atoms with Gasteiger partial charge in [-0.1, -0.05) is 24.3 Å². The Labute approximate surface area is 186 Å². The second-order valence-corrected chi connectivity index (χ2v) is 7.80. The summed E-state index contributed by atoms with van der Waals surface area (Å²) in [5.41, 5.74) is 2.26. The van der Waals surface area contributed by atoms with Gasteiger partial charge in [-0.25, -0.2) is 0 Å². The van der Waals surface area contributed by atoms with Gasteiger partial charge in [0.25, 0.3) is 5.91 Å². The number of nitrogens with one attached hydrogen (secondary N) is 2. The molecule has 1 saturated heterocycles. The normalized spacial score (nSPS) is 15.8. The number of ether oxygens (including phenoxy) is 1. The first-order chi connectivity index (χ1) is 15.5. The molecule has 1 aliphatic rings. The van der Waals surface area contributed by atoms with Gasteiger partial charge in [-0.3, -0.25) is 14.4 Å². The molecule has 8 nitrogen and oxygen atoms in total. The molecule has 2 aromatic carbocycles. The highest BCUT2D eigenvalue weighted by molar-refractivity contribution is 6.00. The third-order valence-corrected chi connectivity index (χ3v) is 5.75. The molecule has 0 saturated carbocycles. The molecule has 1 atom stereocenters. The number of benzene rings is 2. The lowest BCUT2D eigenvalue weighted by molar-refractivity contribution is -0.126. The number of fused-ring (bicyclic) bond motifs is 1. The lowest BCUT2D eigenvalue weighted by Crippen LogP contribution is -2.38. The van der Waals surface area contributed by atoms with Crippen LogP contribution in [0.2, 0.25) is 0 Å². The van der Waals surface area contributed by atoms with E-state index in [1.54, 1.807) is 24.1 Å². The van der Waals surface area contributed by atoms with E-state index in [4.69, 9.17) is 4.74 Å². The maximum absolute atomic E-state index is 12.5. The summed E-state index contributed by atoms with van der Waals surface area (Å²) in [5, 5.41) is 6.66. The van der Waals surface area contributed by atoms with E-state index in [-0.39, 0.29) is 24.1 Å². The minimum Gasteiger partial charge on any atom is -0.497 e. The summed E-state index contributed by atoms with van der Waals surface area (Å²) in [7, 11) is 3.42. The molecule has 2 heterocycles. The van der Waals surface area contributed by atoms with Crippen molar-refractivity contribution in [2.24, 2.45) is 13.0 Å². The highest BCUT2D eigenvalue weighted by Crippen LogP contribution is 2.28. The molecule has 3 amide bonds. The molecular weight excluding hydrogens is 408 g/mol. The Bertz CT molecular complexity index is 1170. The molecule has 32 heavy (non-hydrogen) atoms. The number of nitrogens with zero attached hydrogens (tertiary/aromatic N) is 2. The summed E-state index contributed by atoms with van der Waals surface area (Å²) in [6.45, 7) is 0.908. The average molecular weight is 434 g/mol. The Morgan fingerprint density at radius 3 is 2.62 bits per heavy atom. The molecule has 1 aromatic heterocycles. The molecule has 3 aromatic rings. The largest absolute Gasteiger partial charge is 0.497 e.